The average molecular weight is 290 g/mol. The number of ether oxygens (including phenoxy) is 1. The zero-order valence-corrected chi connectivity index (χ0v) is 11.2. The summed E-state index contributed by atoms with van der Waals surface area (Å²) in [5, 5.41) is 2.76. The third-order valence-corrected chi connectivity index (χ3v) is 3.51. The molecule has 2 heterocycles. The molecule has 0 amide bonds. The van der Waals surface area contributed by atoms with Crippen LogP contribution in [0.15, 0.2) is 35.7 Å². The molecule has 0 spiro atoms. The number of nitrogen functional groups attached to an aromatic ring is 1. The van der Waals surface area contributed by atoms with E-state index in [0.29, 0.717) is 11.6 Å². The lowest BCUT2D eigenvalue weighted by atomic mass is 10.3. The van der Waals surface area contributed by atoms with Crippen LogP contribution in [0.4, 0.5) is 10.2 Å². The van der Waals surface area contributed by atoms with Gasteiger partial charge >= 0.3 is 0 Å². The van der Waals surface area contributed by atoms with Crippen LogP contribution in [-0.2, 0) is 6.61 Å². The summed E-state index contributed by atoms with van der Waals surface area (Å²) in [4.78, 5) is 9.41. The molecular formula is C13H11FN4OS. The van der Waals surface area contributed by atoms with Gasteiger partial charge in [0.2, 0.25) is 0 Å². The standard InChI is InChI=1S/C13H11FN4OS/c14-9-3-1-2-4-10(9)19-7-11-16-12(18-15)8-5-6-20-13(8)17-11/h1-6H,7,15H2,(H,16,17,18). The summed E-state index contributed by atoms with van der Waals surface area (Å²) in [5.41, 5.74) is 2.53. The van der Waals surface area contributed by atoms with E-state index < -0.39 is 5.82 Å². The van der Waals surface area contributed by atoms with Crippen molar-refractivity contribution in [2.75, 3.05) is 5.43 Å². The Labute approximate surface area is 118 Å². The highest BCUT2D eigenvalue weighted by Gasteiger charge is 2.09. The summed E-state index contributed by atoms with van der Waals surface area (Å²) in [6.45, 7) is 0.0729. The minimum absolute atomic E-state index is 0.0729. The van der Waals surface area contributed by atoms with Crippen LogP contribution in [0.2, 0.25) is 0 Å². The van der Waals surface area contributed by atoms with E-state index in [1.807, 2.05) is 11.4 Å². The molecule has 0 fully saturated rings. The molecule has 0 aliphatic heterocycles. The molecule has 0 saturated carbocycles. The number of anilines is 1. The summed E-state index contributed by atoms with van der Waals surface area (Å²) in [7, 11) is 0. The molecule has 3 aromatic rings. The summed E-state index contributed by atoms with van der Waals surface area (Å²) in [6, 6.07) is 8.09. The molecule has 0 bridgehead atoms. The minimum Gasteiger partial charge on any atom is -0.483 e. The number of benzene rings is 1. The number of fused-ring (bicyclic) bond motifs is 1. The van der Waals surface area contributed by atoms with E-state index in [4.69, 9.17) is 10.6 Å². The van der Waals surface area contributed by atoms with Crippen molar-refractivity contribution in [1.29, 1.82) is 0 Å². The van der Waals surface area contributed by atoms with Gasteiger partial charge in [-0.1, -0.05) is 12.1 Å². The van der Waals surface area contributed by atoms with E-state index in [0.717, 1.165) is 10.2 Å². The highest BCUT2D eigenvalue weighted by atomic mass is 32.1. The smallest absolute Gasteiger partial charge is 0.169 e. The van der Waals surface area contributed by atoms with E-state index in [-0.39, 0.29) is 12.4 Å². The normalized spacial score (nSPS) is 10.7. The van der Waals surface area contributed by atoms with Crippen LogP contribution >= 0.6 is 11.3 Å². The zero-order valence-electron chi connectivity index (χ0n) is 10.3. The van der Waals surface area contributed by atoms with Gasteiger partial charge in [0, 0.05) is 0 Å². The summed E-state index contributed by atoms with van der Waals surface area (Å²) in [5.74, 6) is 6.17. The van der Waals surface area contributed by atoms with E-state index in [1.165, 1.54) is 17.4 Å². The van der Waals surface area contributed by atoms with Gasteiger partial charge < -0.3 is 10.2 Å². The van der Waals surface area contributed by atoms with Crippen molar-refractivity contribution in [3.8, 4) is 5.75 Å². The van der Waals surface area contributed by atoms with Gasteiger partial charge in [0.1, 0.15) is 11.4 Å². The number of nitrogens with one attached hydrogen (secondary N) is 1. The maximum Gasteiger partial charge on any atom is 0.169 e. The predicted molar refractivity (Wildman–Crippen MR) is 76.0 cm³/mol. The minimum atomic E-state index is -0.415. The Bertz CT molecular complexity index is 746. The number of thiophene rings is 1. The first-order valence-electron chi connectivity index (χ1n) is 5.86. The Kier molecular flexibility index (Phi) is 3.44. The molecule has 2 aromatic heterocycles. The number of hydrogen-bond acceptors (Lipinski definition) is 6. The maximum atomic E-state index is 13.4. The molecule has 0 saturated heterocycles. The monoisotopic (exact) mass is 290 g/mol. The van der Waals surface area contributed by atoms with Gasteiger partial charge in [-0.2, -0.15) is 0 Å². The van der Waals surface area contributed by atoms with Crippen molar-refractivity contribution in [2.45, 2.75) is 6.61 Å². The van der Waals surface area contributed by atoms with Crippen LogP contribution in [0.3, 0.4) is 0 Å². The molecule has 102 valence electrons. The fraction of sp³-hybridized carbons (Fsp3) is 0.0769. The lowest BCUT2D eigenvalue weighted by Gasteiger charge is -2.08. The van der Waals surface area contributed by atoms with Crippen molar-refractivity contribution in [1.82, 2.24) is 9.97 Å². The van der Waals surface area contributed by atoms with Gasteiger partial charge in [0.25, 0.3) is 0 Å². The van der Waals surface area contributed by atoms with Gasteiger partial charge in [-0.05, 0) is 23.6 Å². The van der Waals surface area contributed by atoms with Crippen molar-refractivity contribution < 1.29 is 9.13 Å². The number of hydrazine groups is 1. The number of halogens is 1. The molecular weight excluding hydrogens is 279 g/mol. The van der Waals surface area contributed by atoms with Crippen molar-refractivity contribution in [3.63, 3.8) is 0 Å². The van der Waals surface area contributed by atoms with Crippen molar-refractivity contribution >= 4 is 27.4 Å². The number of para-hydroxylation sites is 1. The Morgan fingerprint density at radius 2 is 2.10 bits per heavy atom. The van der Waals surface area contributed by atoms with Gasteiger partial charge in [-0.15, -0.1) is 11.3 Å². The SMILES string of the molecule is NNc1nc(COc2ccccc2F)nc2sccc12. The first-order valence-corrected chi connectivity index (χ1v) is 6.74. The third-order valence-electron chi connectivity index (χ3n) is 2.70. The molecule has 7 heteroatoms. The largest absolute Gasteiger partial charge is 0.483 e. The first-order chi connectivity index (χ1) is 9.78. The number of aromatic nitrogens is 2. The van der Waals surface area contributed by atoms with Crippen LogP contribution in [0.1, 0.15) is 5.82 Å². The molecule has 0 radical (unpaired) electrons. The number of nitrogens with zero attached hydrogens (tertiary/aromatic N) is 2. The number of rotatable bonds is 4. The third kappa shape index (κ3) is 2.40. The van der Waals surface area contributed by atoms with Gasteiger partial charge in [0.05, 0.1) is 5.39 Å². The van der Waals surface area contributed by atoms with E-state index in [9.17, 15) is 4.39 Å². The molecule has 0 atom stereocenters. The van der Waals surface area contributed by atoms with Crippen LogP contribution < -0.4 is 16.0 Å². The fourth-order valence-corrected chi connectivity index (χ4v) is 2.56. The molecule has 0 aliphatic rings. The summed E-state index contributed by atoms with van der Waals surface area (Å²) >= 11 is 1.48. The fourth-order valence-electron chi connectivity index (χ4n) is 1.78. The Morgan fingerprint density at radius 3 is 2.90 bits per heavy atom. The van der Waals surface area contributed by atoms with Gasteiger partial charge in [-0.25, -0.2) is 20.2 Å². The van der Waals surface area contributed by atoms with Crippen LogP contribution in [-0.4, -0.2) is 9.97 Å². The van der Waals surface area contributed by atoms with E-state index in [1.54, 1.807) is 18.2 Å². The number of nitrogens with two attached hydrogens (primary N) is 1. The van der Waals surface area contributed by atoms with E-state index >= 15 is 0 Å². The topological polar surface area (TPSA) is 73.1 Å². The Balaban J connectivity index is 1.86. The molecule has 20 heavy (non-hydrogen) atoms. The predicted octanol–water partition coefficient (Wildman–Crippen LogP) is 2.70. The lowest BCUT2D eigenvalue weighted by Crippen LogP contribution is -2.11. The second-order valence-electron chi connectivity index (χ2n) is 3.99. The van der Waals surface area contributed by atoms with Crippen LogP contribution in [0.25, 0.3) is 10.2 Å². The highest BCUT2D eigenvalue weighted by Crippen LogP contribution is 2.25. The zero-order chi connectivity index (χ0) is 13.9. The quantitative estimate of drug-likeness (QED) is 0.571. The van der Waals surface area contributed by atoms with Gasteiger partial charge in [0.15, 0.2) is 23.2 Å². The first kappa shape index (κ1) is 12.8. The molecule has 1 aromatic carbocycles. The summed E-state index contributed by atoms with van der Waals surface area (Å²) in [6.07, 6.45) is 0. The van der Waals surface area contributed by atoms with Crippen LogP contribution in [0, 0.1) is 5.82 Å². The lowest BCUT2D eigenvalue weighted by molar-refractivity contribution is 0.281. The molecule has 0 aliphatic carbocycles. The van der Waals surface area contributed by atoms with E-state index in [2.05, 4.69) is 15.4 Å². The number of hydrogen-bond donors (Lipinski definition) is 2. The Morgan fingerprint density at radius 1 is 1.25 bits per heavy atom. The molecule has 5 nitrogen and oxygen atoms in total. The van der Waals surface area contributed by atoms with Crippen molar-refractivity contribution in [3.05, 3.63) is 47.4 Å². The van der Waals surface area contributed by atoms with Gasteiger partial charge in [-0.3, -0.25) is 0 Å². The van der Waals surface area contributed by atoms with Crippen LogP contribution in [0.5, 0.6) is 5.75 Å². The molecule has 3 rings (SSSR count). The second-order valence-corrected chi connectivity index (χ2v) is 4.89. The maximum absolute atomic E-state index is 13.4. The highest BCUT2D eigenvalue weighted by molar-refractivity contribution is 7.16. The molecule has 3 N–H and O–H groups in total. The summed E-state index contributed by atoms with van der Waals surface area (Å²) < 4.78 is 18.8. The average Bonchev–Trinajstić information content (AvgIpc) is 2.94. The Hall–Kier alpha value is -2.25. The second kappa shape index (κ2) is 5.40. The van der Waals surface area contributed by atoms with Crippen molar-refractivity contribution in [2.24, 2.45) is 5.84 Å². The molecule has 0 unspecified atom stereocenters.